The summed E-state index contributed by atoms with van der Waals surface area (Å²) >= 11 is 0. The first-order chi connectivity index (χ1) is 17.6. The van der Waals surface area contributed by atoms with E-state index in [1.54, 1.807) is 6.20 Å². The second kappa shape index (κ2) is 9.56. The number of carbonyl (C=O) groups is 2. The number of amides is 2. The Bertz CT molecular complexity index is 1370. The standard InChI is InChI=1S/C27H29N7O2/c35-25-5-3-13-34(25)20-9-14-33(15-10-20)26(36)24-17-18-16-19(6-7-21(18)31-24)30-27-29-12-8-23(32-27)22-4-1-2-11-28-22/h4,6-8,11-12,16-17,20,31H,1-3,5,9-10,13-15H2,(H,29,30,32). The number of hydrogen-bond donors (Lipinski definition) is 2. The molecule has 6 rings (SSSR count). The summed E-state index contributed by atoms with van der Waals surface area (Å²) in [6.45, 7) is 2.20. The molecule has 36 heavy (non-hydrogen) atoms. The van der Waals surface area contributed by atoms with Crippen molar-refractivity contribution in [2.45, 2.75) is 44.6 Å². The third-order valence-electron chi connectivity index (χ3n) is 7.19. The number of aliphatic imine (C=N–C) groups is 1. The second-order valence-corrected chi connectivity index (χ2v) is 9.57. The Balaban J connectivity index is 1.13. The lowest BCUT2D eigenvalue weighted by molar-refractivity contribution is -0.130. The topological polar surface area (TPSA) is 107 Å². The van der Waals surface area contributed by atoms with E-state index < -0.39 is 0 Å². The van der Waals surface area contributed by atoms with Crippen LogP contribution >= 0.6 is 0 Å². The van der Waals surface area contributed by atoms with Crippen LogP contribution in [0.15, 0.2) is 47.6 Å². The van der Waals surface area contributed by atoms with E-state index in [-0.39, 0.29) is 17.9 Å². The van der Waals surface area contributed by atoms with E-state index in [1.165, 1.54) is 0 Å². The van der Waals surface area contributed by atoms with Crippen LogP contribution in [0.4, 0.5) is 11.6 Å². The Morgan fingerprint density at radius 1 is 1.08 bits per heavy atom. The van der Waals surface area contributed by atoms with Crippen molar-refractivity contribution in [3.05, 3.63) is 54.0 Å². The fourth-order valence-electron chi connectivity index (χ4n) is 5.30. The molecule has 2 amide bonds. The molecule has 0 unspecified atom stereocenters. The van der Waals surface area contributed by atoms with Gasteiger partial charge < -0.3 is 20.1 Å². The van der Waals surface area contributed by atoms with Crippen LogP contribution in [0.5, 0.6) is 0 Å². The van der Waals surface area contributed by atoms with Gasteiger partial charge in [-0.2, -0.15) is 0 Å². The number of rotatable bonds is 5. The van der Waals surface area contributed by atoms with Crippen LogP contribution in [0, 0.1) is 0 Å². The molecule has 2 aromatic heterocycles. The molecule has 9 heteroatoms. The Kier molecular flexibility index (Phi) is 5.96. The van der Waals surface area contributed by atoms with E-state index in [0.29, 0.717) is 31.2 Å². The van der Waals surface area contributed by atoms with Gasteiger partial charge in [0.05, 0.1) is 11.4 Å². The van der Waals surface area contributed by atoms with Gasteiger partial charge in [-0.05, 0) is 62.4 Å². The lowest BCUT2D eigenvalue weighted by atomic mass is 10.0. The number of nitrogens with zero attached hydrogens (tertiary/aromatic N) is 5. The molecule has 3 aliphatic rings. The molecule has 3 aliphatic heterocycles. The summed E-state index contributed by atoms with van der Waals surface area (Å²) in [6, 6.07) is 9.91. The Morgan fingerprint density at radius 3 is 2.75 bits per heavy atom. The maximum atomic E-state index is 13.2. The summed E-state index contributed by atoms with van der Waals surface area (Å²) in [6.07, 6.45) is 10.9. The molecular formula is C27H29N7O2. The Hall–Kier alpha value is -4.01. The van der Waals surface area contributed by atoms with Crippen molar-refractivity contribution in [3.8, 4) is 0 Å². The minimum Gasteiger partial charge on any atom is -0.351 e. The molecule has 2 fully saturated rings. The minimum atomic E-state index is 0.00394. The van der Waals surface area contributed by atoms with Crippen LogP contribution < -0.4 is 5.32 Å². The number of nitrogens with one attached hydrogen (secondary N) is 2. The normalized spacial score (nSPS) is 18.7. The van der Waals surface area contributed by atoms with Gasteiger partial charge in [-0.3, -0.25) is 14.6 Å². The van der Waals surface area contributed by atoms with Gasteiger partial charge in [0.15, 0.2) is 0 Å². The summed E-state index contributed by atoms with van der Waals surface area (Å²) in [5.41, 5.74) is 3.98. The molecule has 184 valence electrons. The summed E-state index contributed by atoms with van der Waals surface area (Å²) in [4.78, 5) is 45.8. The van der Waals surface area contributed by atoms with Crippen molar-refractivity contribution in [1.82, 2.24) is 24.8 Å². The first-order valence-electron chi connectivity index (χ1n) is 12.7. The average Bonchev–Trinajstić information content (AvgIpc) is 3.55. The number of piperidine rings is 1. The monoisotopic (exact) mass is 483 g/mol. The van der Waals surface area contributed by atoms with Gasteiger partial charge in [0.1, 0.15) is 5.69 Å². The van der Waals surface area contributed by atoms with Gasteiger partial charge in [0.2, 0.25) is 11.9 Å². The van der Waals surface area contributed by atoms with Crippen LogP contribution in [-0.4, -0.2) is 68.5 Å². The molecular weight excluding hydrogens is 454 g/mol. The lowest BCUT2D eigenvalue weighted by Crippen LogP contribution is -2.47. The van der Waals surface area contributed by atoms with Gasteiger partial charge in [0, 0.05) is 61.1 Å². The molecule has 3 aromatic rings. The SMILES string of the molecule is O=C(c1cc2cc(Nc3nccc(C4=CCCC=N4)n3)ccc2[nH]1)N1CCC(N2CCCC2=O)CC1. The maximum Gasteiger partial charge on any atom is 0.270 e. The quantitative estimate of drug-likeness (QED) is 0.567. The fourth-order valence-corrected chi connectivity index (χ4v) is 5.30. The van der Waals surface area contributed by atoms with Crippen LogP contribution in [0.2, 0.25) is 0 Å². The number of likely N-dealkylation sites (tertiary alicyclic amines) is 2. The van der Waals surface area contributed by atoms with Crippen LogP contribution in [0.3, 0.4) is 0 Å². The highest BCUT2D eigenvalue weighted by Gasteiger charge is 2.32. The smallest absolute Gasteiger partial charge is 0.270 e. The zero-order valence-corrected chi connectivity index (χ0v) is 20.1. The number of allylic oxidation sites excluding steroid dienone is 1. The Morgan fingerprint density at radius 2 is 1.97 bits per heavy atom. The van der Waals surface area contributed by atoms with Gasteiger partial charge in [-0.15, -0.1) is 0 Å². The fraction of sp³-hybridized carbons (Fsp3) is 0.370. The molecule has 0 bridgehead atoms. The van der Waals surface area contributed by atoms with E-state index >= 15 is 0 Å². The van der Waals surface area contributed by atoms with Crippen LogP contribution in [0.25, 0.3) is 16.6 Å². The first kappa shape index (κ1) is 22.5. The zero-order chi connectivity index (χ0) is 24.5. The third kappa shape index (κ3) is 4.48. The summed E-state index contributed by atoms with van der Waals surface area (Å²) in [5.74, 6) is 0.764. The molecule has 0 radical (unpaired) electrons. The highest BCUT2D eigenvalue weighted by molar-refractivity contribution is 5.98. The summed E-state index contributed by atoms with van der Waals surface area (Å²) in [7, 11) is 0. The molecule has 5 heterocycles. The maximum absolute atomic E-state index is 13.2. The third-order valence-corrected chi connectivity index (χ3v) is 7.19. The van der Waals surface area contributed by atoms with E-state index in [4.69, 9.17) is 0 Å². The predicted octanol–water partition coefficient (Wildman–Crippen LogP) is 4.13. The molecule has 0 aliphatic carbocycles. The van der Waals surface area contributed by atoms with Crippen molar-refractivity contribution in [1.29, 1.82) is 0 Å². The van der Waals surface area contributed by atoms with Crippen molar-refractivity contribution in [2.75, 3.05) is 25.0 Å². The second-order valence-electron chi connectivity index (χ2n) is 9.57. The van der Waals surface area contributed by atoms with Gasteiger partial charge in [0.25, 0.3) is 5.91 Å². The van der Waals surface area contributed by atoms with Crippen molar-refractivity contribution in [2.24, 2.45) is 4.99 Å². The van der Waals surface area contributed by atoms with Gasteiger partial charge >= 0.3 is 0 Å². The number of H-pyrrole nitrogens is 1. The molecule has 0 spiro atoms. The number of benzene rings is 1. The Labute approximate surface area is 209 Å². The van der Waals surface area contributed by atoms with Gasteiger partial charge in [-0.1, -0.05) is 6.08 Å². The first-order valence-corrected chi connectivity index (χ1v) is 12.7. The molecule has 1 aromatic carbocycles. The van der Waals surface area contributed by atoms with Crippen molar-refractivity contribution >= 4 is 46.3 Å². The van der Waals surface area contributed by atoms with Gasteiger partial charge in [-0.25, -0.2) is 9.97 Å². The number of hydrogen-bond acceptors (Lipinski definition) is 6. The van der Waals surface area contributed by atoms with E-state index in [2.05, 4.69) is 31.3 Å². The summed E-state index contributed by atoms with van der Waals surface area (Å²) < 4.78 is 0. The zero-order valence-electron chi connectivity index (χ0n) is 20.1. The molecule has 2 saturated heterocycles. The highest BCUT2D eigenvalue weighted by Crippen LogP contribution is 2.26. The molecule has 0 atom stereocenters. The predicted molar refractivity (Wildman–Crippen MR) is 139 cm³/mol. The van der Waals surface area contributed by atoms with E-state index in [1.807, 2.05) is 46.3 Å². The number of fused-ring (bicyclic) bond motifs is 1. The number of anilines is 2. The lowest BCUT2D eigenvalue weighted by Gasteiger charge is -2.36. The molecule has 9 nitrogen and oxygen atoms in total. The number of aromatic nitrogens is 3. The molecule has 2 N–H and O–H groups in total. The summed E-state index contributed by atoms with van der Waals surface area (Å²) in [5, 5.41) is 4.21. The van der Waals surface area contributed by atoms with Crippen LogP contribution in [0.1, 0.15) is 54.7 Å². The number of aromatic amines is 1. The van der Waals surface area contributed by atoms with Crippen molar-refractivity contribution < 1.29 is 9.59 Å². The largest absolute Gasteiger partial charge is 0.351 e. The van der Waals surface area contributed by atoms with E-state index in [9.17, 15) is 9.59 Å². The molecule has 0 saturated carbocycles. The minimum absolute atomic E-state index is 0.00394. The van der Waals surface area contributed by atoms with Crippen molar-refractivity contribution in [3.63, 3.8) is 0 Å². The average molecular weight is 484 g/mol. The number of carbonyl (C=O) groups excluding carboxylic acids is 2. The highest BCUT2D eigenvalue weighted by atomic mass is 16.2. The van der Waals surface area contributed by atoms with E-state index in [0.717, 1.165) is 66.6 Å². The van der Waals surface area contributed by atoms with Crippen LogP contribution in [-0.2, 0) is 4.79 Å².